The predicted octanol–water partition coefficient (Wildman–Crippen LogP) is 3.23. The van der Waals surface area contributed by atoms with Crippen molar-refractivity contribution in [3.05, 3.63) is 17.5 Å². The van der Waals surface area contributed by atoms with Crippen molar-refractivity contribution in [3.63, 3.8) is 0 Å². The second kappa shape index (κ2) is 5.67. The van der Waals surface area contributed by atoms with Crippen LogP contribution in [0.15, 0.2) is 6.20 Å². The summed E-state index contributed by atoms with van der Waals surface area (Å²) in [5.41, 5.74) is 2.91. The van der Waals surface area contributed by atoms with E-state index in [1.165, 1.54) is 43.4 Å². The molecule has 0 spiro atoms. The zero-order valence-electron chi connectivity index (χ0n) is 11.4. The maximum absolute atomic E-state index is 4.57. The van der Waals surface area contributed by atoms with E-state index in [1.807, 2.05) is 0 Å². The monoisotopic (exact) mass is 235 g/mol. The van der Waals surface area contributed by atoms with E-state index in [4.69, 9.17) is 0 Å². The van der Waals surface area contributed by atoms with Crippen molar-refractivity contribution >= 4 is 0 Å². The van der Waals surface area contributed by atoms with Gasteiger partial charge in [0.15, 0.2) is 0 Å². The van der Waals surface area contributed by atoms with Crippen LogP contribution in [0.3, 0.4) is 0 Å². The molecular weight excluding hydrogens is 210 g/mol. The van der Waals surface area contributed by atoms with E-state index < -0.39 is 0 Å². The fourth-order valence-electron chi connectivity index (χ4n) is 2.72. The molecule has 17 heavy (non-hydrogen) atoms. The second-order valence-electron chi connectivity index (χ2n) is 5.34. The molecule has 0 fully saturated rings. The minimum Gasteiger partial charge on any atom is -0.310 e. The zero-order chi connectivity index (χ0) is 12.3. The van der Waals surface area contributed by atoms with Gasteiger partial charge in [0.2, 0.25) is 0 Å². The van der Waals surface area contributed by atoms with Gasteiger partial charge in [-0.1, -0.05) is 13.3 Å². The number of nitrogens with one attached hydrogen (secondary N) is 1. The minimum absolute atomic E-state index is 0.476. The average Bonchev–Trinajstić information content (AvgIpc) is 2.63. The van der Waals surface area contributed by atoms with Gasteiger partial charge in [-0.3, -0.25) is 4.68 Å². The Morgan fingerprint density at radius 1 is 1.47 bits per heavy atom. The van der Waals surface area contributed by atoms with E-state index >= 15 is 0 Å². The Hall–Kier alpha value is -0.830. The van der Waals surface area contributed by atoms with Crippen molar-refractivity contribution in [2.45, 2.75) is 65.0 Å². The molecule has 1 heterocycles. The first kappa shape index (κ1) is 12.6. The van der Waals surface area contributed by atoms with E-state index in [0.717, 1.165) is 6.54 Å². The van der Waals surface area contributed by atoms with Crippen LogP contribution in [0, 0.1) is 0 Å². The summed E-state index contributed by atoms with van der Waals surface area (Å²) in [6, 6.07) is 1.00. The molecule has 3 nitrogen and oxygen atoms in total. The molecule has 1 aromatic heterocycles. The molecule has 0 bridgehead atoms. The average molecular weight is 235 g/mol. The number of rotatable bonds is 4. The third kappa shape index (κ3) is 2.71. The van der Waals surface area contributed by atoms with Gasteiger partial charge in [-0.2, -0.15) is 5.10 Å². The maximum Gasteiger partial charge on any atom is 0.0540 e. The van der Waals surface area contributed by atoms with Crippen LogP contribution in [0.5, 0.6) is 0 Å². The highest BCUT2D eigenvalue weighted by Gasteiger charge is 2.22. The molecule has 0 saturated heterocycles. The standard InChI is InChI=1S/C14H25N3/c1-4-9-15-13-7-5-6-8-14-12(13)10-16-17(14)11(2)3/h10-11,13,15H,4-9H2,1-3H3. The Morgan fingerprint density at radius 3 is 3.00 bits per heavy atom. The third-order valence-electron chi connectivity index (χ3n) is 3.59. The summed E-state index contributed by atoms with van der Waals surface area (Å²) >= 11 is 0. The fraction of sp³-hybridized carbons (Fsp3) is 0.786. The lowest BCUT2D eigenvalue weighted by Crippen LogP contribution is -2.22. The molecule has 1 aromatic rings. The summed E-state index contributed by atoms with van der Waals surface area (Å²) in [6.07, 6.45) is 8.37. The lowest BCUT2D eigenvalue weighted by molar-refractivity contribution is 0.489. The van der Waals surface area contributed by atoms with Crippen LogP contribution in [-0.4, -0.2) is 16.3 Å². The van der Waals surface area contributed by atoms with Crippen molar-refractivity contribution in [3.8, 4) is 0 Å². The normalized spacial score (nSPS) is 20.4. The number of aromatic nitrogens is 2. The van der Waals surface area contributed by atoms with Crippen LogP contribution in [0.4, 0.5) is 0 Å². The van der Waals surface area contributed by atoms with Crippen LogP contribution in [0.2, 0.25) is 0 Å². The van der Waals surface area contributed by atoms with E-state index in [1.54, 1.807) is 0 Å². The molecule has 1 aliphatic carbocycles. The number of fused-ring (bicyclic) bond motifs is 1. The van der Waals surface area contributed by atoms with Gasteiger partial charge >= 0.3 is 0 Å². The second-order valence-corrected chi connectivity index (χ2v) is 5.34. The van der Waals surface area contributed by atoms with Crippen molar-refractivity contribution < 1.29 is 0 Å². The molecule has 0 saturated carbocycles. The number of hydrogen-bond donors (Lipinski definition) is 1. The van der Waals surface area contributed by atoms with Crippen LogP contribution in [-0.2, 0) is 6.42 Å². The quantitative estimate of drug-likeness (QED) is 0.812. The molecule has 2 rings (SSSR count). The summed E-state index contributed by atoms with van der Waals surface area (Å²) in [5.74, 6) is 0. The molecule has 1 unspecified atom stereocenters. The highest BCUT2D eigenvalue weighted by Crippen LogP contribution is 2.29. The lowest BCUT2D eigenvalue weighted by atomic mass is 10.1. The van der Waals surface area contributed by atoms with E-state index in [0.29, 0.717) is 12.1 Å². The smallest absolute Gasteiger partial charge is 0.0540 e. The summed E-state index contributed by atoms with van der Waals surface area (Å²) in [6.45, 7) is 7.76. The first-order valence-electron chi connectivity index (χ1n) is 7.03. The Balaban J connectivity index is 2.23. The maximum atomic E-state index is 4.57. The highest BCUT2D eigenvalue weighted by atomic mass is 15.3. The van der Waals surface area contributed by atoms with Crippen molar-refractivity contribution in [2.75, 3.05) is 6.54 Å². The van der Waals surface area contributed by atoms with E-state index in [2.05, 4.69) is 42.1 Å². The van der Waals surface area contributed by atoms with Crippen LogP contribution < -0.4 is 5.32 Å². The largest absolute Gasteiger partial charge is 0.310 e. The molecule has 0 amide bonds. The summed E-state index contributed by atoms with van der Waals surface area (Å²) in [5, 5.41) is 8.24. The summed E-state index contributed by atoms with van der Waals surface area (Å²) in [4.78, 5) is 0. The van der Waals surface area contributed by atoms with Gasteiger partial charge in [0.25, 0.3) is 0 Å². The summed E-state index contributed by atoms with van der Waals surface area (Å²) in [7, 11) is 0. The van der Waals surface area contributed by atoms with Gasteiger partial charge in [0.05, 0.1) is 6.20 Å². The van der Waals surface area contributed by atoms with Crippen LogP contribution in [0.1, 0.15) is 69.8 Å². The van der Waals surface area contributed by atoms with Gasteiger partial charge in [0.1, 0.15) is 0 Å². The topological polar surface area (TPSA) is 29.9 Å². The van der Waals surface area contributed by atoms with E-state index in [9.17, 15) is 0 Å². The van der Waals surface area contributed by atoms with Gasteiger partial charge in [-0.15, -0.1) is 0 Å². The molecular formula is C14H25N3. The summed E-state index contributed by atoms with van der Waals surface area (Å²) < 4.78 is 2.21. The SMILES string of the molecule is CCCNC1CCCCc2c1cnn2C(C)C. The Kier molecular flexibility index (Phi) is 4.21. The molecule has 1 atom stereocenters. The number of nitrogens with zero attached hydrogens (tertiary/aromatic N) is 2. The van der Waals surface area contributed by atoms with E-state index in [-0.39, 0.29) is 0 Å². The van der Waals surface area contributed by atoms with Gasteiger partial charge < -0.3 is 5.32 Å². The molecule has 96 valence electrons. The Bertz CT molecular complexity index is 354. The van der Waals surface area contributed by atoms with Gasteiger partial charge in [-0.25, -0.2) is 0 Å². The Labute approximate surface area is 105 Å². The molecule has 3 heteroatoms. The first-order valence-corrected chi connectivity index (χ1v) is 7.03. The van der Waals surface area contributed by atoms with Crippen molar-refractivity contribution in [1.82, 2.24) is 15.1 Å². The molecule has 0 aromatic carbocycles. The Morgan fingerprint density at radius 2 is 2.29 bits per heavy atom. The van der Waals surface area contributed by atoms with Gasteiger partial charge in [-0.05, 0) is 46.1 Å². The lowest BCUT2D eigenvalue weighted by Gasteiger charge is -2.17. The predicted molar refractivity (Wildman–Crippen MR) is 71.2 cm³/mol. The molecule has 1 N–H and O–H groups in total. The molecule has 0 aliphatic heterocycles. The molecule has 0 radical (unpaired) electrons. The molecule has 1 aliphatic rings. The van der Waals surface area contributed by atoms with Crippen LogP contribution in [0.25, 0.3) is 0 Å². The van der Waals surface area contributed by atoms with Crippen LogP contribution >= 0.6 is 0 Å². The third-order valence-corrected chi connectivity index (χ3v) is 3.59. The highest BCUT2D eigenvalue weighted by molar-refractivity contribution is 5.24. The van der Waals surface area contributed by atoms with Crippen molar-refractivity contribution in [2.24, 2.45) is 0 Å². The van der Waals surface area contributed by atoms with Crippen molar-refractivity contribution in [1.29, 1.82) is 0 Å². The fourth-order valence-corrected chi connectivity index (χ4v) is 2.72. The zero-order valence-corrected chi connectivity index (χ0v) is 11.4. The minimum atomic E-state index is 0.476. The first-order chi connectivity index (χ1) is 8.24. The number of hydrogen-bond acceptors (Lipinski definition) is 2. The van der Waals surface area contributed by atoms with Gasteiger partial charge in [0, 0.05) is 23.3 Å².